The molecular formula is C15H14ClF2NS. The van der Waals surface area contributed by atoms with Crippen LogP contribution in [0.15, 0.2) is 24.3 Å². The number of halogens is 3. The third kappa shape index (κ3) is 2.87. The minimum atomic E-state index is -0.546. The van der Waals surface area contributed by atoms with Crippen LogP contribution in [0, 0.1) is 11.6 Å². The Hall–Kier alpha value is -0.970. The van der Waals surface area contributed by atoms with Crippen LogP contribution in [0.4, 0.5) is 8.78 Å². The fourth-order valence-corrected chi connectivity index (χ4v) is 4.02. The molecule has 1 unspecified atom stereocenters. The maximum absolute atomic E-state index is 13.6. The van der Waals surface area contributed by atoms with Gasteiger partial charge in [0, 0.05) is 29.1 Å². The molecule has 0 saturated heterocycles. The Labute approximate surface area is 125 Å². The third-order valence-corrected chi connectivity index (χ3v) is 4.98. The summed E-state index contributed by atoms with van der Waals surface area (Å²) in [6.45, 7) is 0.393. The van der Waals surface area contributed by atoms with Gasteiger partial charge in [0.15, 0.2) is 0 Å². The number of benzene rings is 1. The predicted octanol–water partition coefficient (Wildman–Crippen LogP) is 4.85. The van der Waals surface area contributed by atoms with E-state index in [0.29, 0.717) is 12.1 Å². The summed E-state index contributed by atoms with van der Waals surface area (Å²) < 4.78 is 27.3. The minimum Gasteiger partial charge on any atom is -0.306 e. The smallest absolute Gasteiger partial charge is 0.130 e. The number of aryl methyl sites for hydroxylation is 1. The van der Waals surface area contributed by atoms with Crippen molar-refractivity contribution in [3.63, 3.8) is 0 Å². The molecule has 0 aliphatic heterocycles. The molecule has 0 spiro atoms. The van der Waals surface area contributed by atoms with Gasteiger partial charge in [0.2, 0.25) is 0 Å². The van der Waals surface area contributed by atoms with Crippen molar-refractivity contribution in [1.29, 1.82) is 0 Å². The lowest BCUT2D eigenvalue weighted by Crippen LogP contribution is -2.24. The van der Waals surface area contributed by atoms with E-state index < -0.39 is 11.6 Å². The summed E-state index contributed by atoms with van der Waals surface area (Å²) in [4.78, 5) is 1.32. The van der Waals surface area contributed by atoms with E-state index in [4.69, 9.17) is 11.6 Å². The minimum absolute atomic E-state index is 0.201. The molecule has 1 atom stereocenters. The summed E-state index contributed by atoms with van der Waals surface area (Å²) in [6, 6.07) is 5.90. The number of rotatable bonds is 3. The number of thiophene rings is 1. The average Bonchev–Trinajstić information content (AvgIpc) is 2.78. The first-order valence-corrected chi connectivity index (χ1v) is 7.78. The lowest BCUT2D eigenvalue weighted by molar-refractivity contribution is 0.455. The Morgan fingerprint density at radius 1 is 1.30 bits per heavy atom. The first-order chi connectivity index (χ1) is 9.63. The highest BCUT2D eigenvalue weighted by atomic mass is 35.5. The van der Waals surface area contributed by atoms with Crippen LogP contribution >= 0.6 is 22.9 Å². The van der Waals surface area contributed by atoms with Gasteiger partial charge in [0.25, 0.3) is 0 Å². The second-order valence-electron chi connectivity index (χ2n) is 4.99. The van der Waals surface area contributed by atoms with Gasteiger partial charge < -0.3 is 5.32 Å². The molecule has 1 aromatic heterocycles. The lowest BCUT2D eigenvalue weighted by atomic mass is 9.94. The van der Waals surface area contributed by atoms with E-state index in [2.05, 4.69) is 5.32 Å². The second-order valence-corrected chi connectivity index (χ2v) is 6.76. The van der Waals surface area contributed by atoms with Crippen molar-refractivity contribution in [2.75, 3.05) is 0 Å². The van der Waals surface area contributed by atoms with Gasteiger partial charge in [0.1, 0.15) is 11.6 Å². The Balaban J connectivity index is 1.73. The SMILES string of the molecule is Fc1ccc(CNC2CCCc3sc(Cl)cc32)c(F)c1. The molecule has 5 heteroatoms. The van der Waals surface area contributed by atoms with E-state index in [0.717, 1.165) is 29.7 Å². The van der Waals surface area contributed by atoms with Gasteiger partial charge in [-0.1, -0.05) is 17.7 Å². The molecule has 0 fully saturated rings. The standard InChI is InChI=1S/C15H14ClF2NS/c16-15-7-11-13(2-1-3-14(11)20-15)19-8-9-4-5-10(17)6-12(9)18/h4-7,13,19H,1-3,8H2. The van der Waals surface area contributed by atoms with Gasteiger partial charge in [-0.05, 0) is 37.0 Å². The van der Waals surface area contributed by atoms with Crippen LogP contribution in [0.3, 0.4) is 0 Å². The molecule has 1 heterocycles. The maximum atomic E-state index is 13.6. The lowest BCUT2D eigenvalue weighted by Gasteiger charge is -2.23. The summed E-state index contributed by atoms with van der Waals surface area (Å²) in [5.74, 6) is -1.05. The van der Waals surface area contributed by atoms with Gasteiger partial charge >= 0.3 is 0 Å². The Kier molecular flexibility index (Phi) is 4.06. The highest BCUT2D eigenvalue weighted by Crippen LogP contribution is 2.37. The van der Waals surface area contributed by atoms with E-state index in [1.807, 2.05) is 6.07 Å². The van der Waals surface area contributed by atoms with E-state index >= 15 is 0 Å². The van der Waals surface area contributed by atoms with Crippen molar-refractivity contribution in [1.82, 2.24) is 5.32 Å². The molecule has 0 amide bonds. The summed E-state index contributed by atoms with van der Waals surface area (Å²) >= 11 is 7.69. The summed E-state index contributed by atoms with van der Waals surface area (Å²) in [5, 5.41) is 3.35. The molecule has 106 valence electrons. The fourth-order valence-electron chi connectivity index (χ4n) is 2.63. The van der Waals surface area contributed by atoms with E-state index in [-0.39, 0.29) is 6.04 Å². The fraction of sp³-hybridized carbons (Fsp3) is 0.333. The number of hydrogen-bond donors (Lipinski definition) is 1. The second kappa shape index (κ2) is 5.80. The molecule has 3 rings (SSSR count). The number of fused-ring (bicyclic) bond motifs is 1. The van der Waals surface area contributed by atoms with Crippen LogP contribution < -0.4 is 5.32 Å². The predicted molar refractivity (Wildman–Crippen MR) is 78.2 cm³/mol. The van der Waals surface area contributed by atoms with E-state index in [1.165, 1.54) is 22.6 Å². The van der Waals surface area contributed by atoms with Gasteiger partial charge in [-0.15, -0.1) is 11.3 Å². The van der Waals surface area contributed by atoms with Crippen molar-refractivity contribution in [3.05, 3.63) is 56.2 Å². The topological polar surface area (TPSA) is 12.0 Å². The normalized spacial score (nSPS) is 18.1. The molecule has 1 aliphatic carbocycles. The molecule has 1 aromatic carbocycles. The highest BCUT2D eigenvalue weighted by Gasteiger charge is 2.22. The monoisotopic (exact) mass is 313 g/mol. The molecule has 20 heavy (non-hydrogen) atoms. The van der Waals surface area contributed by atoms with E-state index in [1.54, 1.807) is 11.3 Å². The molecule has 0 bridgehead atoms. The highest BCUT2D eigenvalue weighted by molar-refractivity contribution is 7.16. The number of nitrogens with one attached hydrogen (secondary N) is 1. The quantitative estimate of drug-likeness (QED) is 0.854. The molecule has 1 N–H and O–H groups in total. The maximum Gasteiger partial charge on any atom is 0.130 e. The molecule has 0 radical (unpaired) electrons. The van der Waals surface area contributed by atoms with E-state index in [9.17, 15) is 8.78 Å². The van der Waals surface area contributed by atoms with Gasteiger partial charge in [-0.25, -0.2) is 8.78 Å². The summed E-state index contributed by atoms with van der Waals surface area (Å²) in [6.07, 6.45) is 3.19. The van der Waals surface area contributed by atoms with Crippen LogP contribution in [0.2, 0.25) is 4.34 Å². The van der Waals surface area contributed by atoms with Crippen LogP contribution in [-0.2, 0) is 13.0 Å². The first kappa shape index (κ1) is 14.0. The van der Waals surface area contributed by atoms with Crippen molar-refractivity contribution in [3.8, 4) is 0 Å². The molecule has 0 saturated carbocycles. The molecular weight excluding hydrogens is 300 g/mol. The van der Waals surface area contributed by atoms with Crippen LogP contribution in [0.5, 0.6) is 0 Å². The Bertz CT molecular complexity index is 626. The average molecular weight is 314 g/mol. The van der Waals surface area contributed by atoms with Gasteiger partial charge in [0.05, 0.1) is 4.34 Å². The van der Waals surface area contributed by atoms with Crippen molar-refractivity contribution >= 4 is 22.9 Å². The van der Waals surface area contributed by atoms with Crippen molar-refractivity contribution < 1.29 is 8.78 Å². The molecule has 2 aromatic rings. The zero-order chi connectivity index (χ0) is 14.1. The largest absolute Gasteiger partial charge is 0.306 e. The molecule has 1 aliphatic rings. The van der Waals surface area contributed by atoms with Gasteiger partial charge in [-0.2, -0.15) is 0 Å². The van der Waals surface area contributed by atoms with Crippen LogP contribution in [-0.4, -0.2) is 0 Å². The Morgan fingerprint density at radius 2 is 2.15 bits per heavy atom. The van der Waals surface area contributed by atoms with Crippen molar-refractivity contribution in [2.45, 2.75) is 31.8 Å². The zero-order valence-corrected chi connectivity index (χ0v) is 12.3. The van der Waals surface area contributed by atoms with Crippen molar-refractivity contribution in [2.24, 2.45) is 0 Å². The Morgan fingerprint density at radius 3 is 2.95 bits per heavy atom. The zero-order valence-electron chi connectivity index (χ0n) is 10.8. The summed E-state index contributed by atoms with van der Waals surface area (Å²) in [7, 11) is 0. The van der Waals surface area contributed by atoms with Crippen LogP contribution in [0.25, 0.3) is 0 Å². The number of hydrogen-bond acceptors (Lipinski definition) is 2. The molecule has 1 nitrogen and oxygen atoms in total. The third-order valence-electron chi connectivity index (χ3n) is 3.64. The van der Waals surface area contributed by atoms with Gasteiger partial charge in [-0.3, -0.25) is 0 Å². The first-order valence-electron chi connectivity index (χ1n) is 6.59. The van der Waals surface area contributed by atoms with Crippen LogP contribution in [0.1, 0.15) is 34.9 Å². The summed E-state index contributed by atoms with van der Waals surface area (Å²) in [5.41, 5.74) is 1.72.